The normalized spacial score (nSPS) is 10.7. The minimum atomic E-state index is -0.215. The lowest BCUT2D eigenvalue weighted by molar-refractivity contribution is 0.604. The van der Waals surface area contributed by atoms with Gasteiger partial charge in [0.25, 0.3) is 0 Å². The van der Waals surface area contributed by atoms with Gasteiger partial charge in [0, 0.05) is 17.0 Å². The summed E-state index contributed by atoms with van der Waals surface area (Å²) in [4.78, 5) is 12.5. The van der Waals surface area contributed by atoms with Crippen molar-refractivity contribution in [1.82, 2.24) is 14.8 Å². The van der Waals surface area contributed by atoms with Crippen molar-refractivity contribution in [3.8, 4) is 0 Å². The van der Waals surface area contributed by atoms with Gasteiger partial charge in [-0.2, -0.15) is 0 Å². The first-order valence-electron chi connectivity index (χ1n) is 6.31. The fourth-order valence-corrected chi connectivity index (χ4v) is 2.97. The molecule has 0 saturated heterocycles. The Hall–Kier alpha value is -2.02. The summed E-state index contributed by atoms with van der Waals surface area (Å²) >= 11 is 1.36. The molecule has 0 amide bonds. The number of rotatable bonds is 5. The molecule has 0 atom stereocenters. The number of nitrogens with zero attached hydrogens (tertiary/aromatic N) is 2. The van der Waals surface area contributed by atoms with Crippen LogP contribution >= 0.6 is 11.8 Å². The molecule has 0 aliphatic carbocycles. The van der Waals surface area contributed by atoms with E-state index < -0.39 is 0 Å². The molecule has 2 rings (SSSR count). The average Bonchev–Trinajstić information content (AvgIpc) is 2.74. The maximum atomic E-state index is 11.7. The Bertz CT molecular complexity index is 688. The smallest absolute Gasteiger partial charge is 0.343 e. The van der Waals surface area contributed by atoms with Gasteiger partial charge in [-0.3, -0.25) is 9.98 Å². The van der Waals surface area contributed by atoms with Crippen molar-refractivity contribution < 1.29 is 0 Å². The number of nitrogen functional groups attached to an aromatic ring is 1. The van der Waals surface area contributed by atoms with E-state index in [1.165, 1.54) is 11.8 Å². The van der Waals surface area contributed by atoms with E-state index in [4.69, 9.17) is 11.1 Å². The summed E-state index contributed by atoms with van der Waals surface area (Å²) in [5.74, 6) is 0.0103. The summed E-state index contributed by atoms with van der Waals surface area (Å²) in [7, 11) is 0. The average molecular weight is 291 g/mol. The summed E-state index contributed by atoms with van der Waals surface area (Å²) in [5, 5.41) is 14.7. The van der Waals surface area contributed by atoms with Crippen LogP contribution in [0.25, 0.3) is 0 Å². The molecule has 106 valence electrons. The number of aryl methyl sites for hydroxylation is 1. The quantitative estimate of drug-likeness (QED) is 0.577. The van der Waals surface area contributed by atoms with E-state index in [-0.39, 0.29) is 11.5 Å². The standard InChI is InChI=1S/C13H17N5OS/c1-3-7-18-12(19)16-17-13(18)20-10-8(2)5-4-6-9(10)11(14)15/h4-6H,3,7H2,1-2H3,(H3,14,15)(H,16,19). The van der Waals surface area contributed by atoms with Crippen LogP contribution in [-0.2, 0) is 6.54 Å². The van der Waals surface area contributed by atoms with Crippen molar-refractivity contribution in [3.63, 3.8) is 0 Å². The Kier molecular flexibility index (Phi) is 4.29. The lowest BCUT2D eigenvalue weighted by atomic mass is 10.1. The first kappa shape index (κ1) is 14.4. The molecular weight excluding hydrogens is 274 g/mol. The van der Waals surface area contributed by atoms with E-state index in [1.807, 2.05) is 26.0 Å². The van der Waals surface area contributed by atoms with Crippen molar-refractivity contribution in [1.29, 1.82) is 5.41 Å². The number of nitrogens with two attached hydrogens (primary N) is 1. The van der Waals surface area contributed by atoms with Gasteiger partial charge in [-0.25, -0.2) is 9.89 Å². The highest BCUT2D eigenvalue weighted by atomic mass is 32.2. The van der Waals surface area contributed by atoms with E-state index in [1.54, 1.807) is 10.6 Å². The first-order chi connectivity index (χ1) is 9.54. The van der Waals surface area contributed by atoms with E-state index in [0.29, 0.717) is 17.3 Å². The van der Waals surface area contributed by atoms with Crippen LogP contribution in [0.3, 0.4) is 0 Å². The Labute approximate surface area is 120 Å². The van der Waals surface area contributed by atoms with Gasteiger partial charge in [0.05, 0.1) is 0 Å². The number of aromatic nitrogens is 3. The second kappa shape index (κ2) is 5.96. The zero-order chi connectivity index (χ0) is 14.7. The SMILES string of the molecule is CCCn1c(Sc2c(C)cccc2C(=N)N)n[nH]c1=O. The van der Waals surface area contributed by atoms with E-state index in [2.05, 4.69) is 10.2 Å². The molecule has 0 bridgehead atoms. The molecule has 0 spiro atoms. The molecule has 0 radical (unpaired) electrons. The third-order valence-electron chi connectivity index (χ3n) is 2.87. The second-order valence-corrected chi connectivity index (χ2v) is 5.41. The summed E-state index contributed by atoms with van der Waals surface area (Å²) in [6.45, 7) is 4.56. The molecule has 2 aromatic rings. The molecule has 0 aliphatic heterocycles. The van der Waals surface area contributed by atoms with E-state index >= 15 is 0 Å². The van der Waals surface area contributed by atoms with Crippen molar-refractivity contribution >= 4 is 17.6 Å². The maximum Gasteiger partial charge on any atom is 0.343 e. The zero-order valence-corrected chi connectivity index (χ0v) is 12.3. The Balaban J connectivity index is 2.45. The van der Waals surface area contributed by atoms with Crippen molar-refractivity contribution in [3.05, 3.63) is 39.8 Å². The van der Waals surface area contributed by atoms with Gasteiger partial charge in [0.2, 0.25) is 0 Å². The second-order valence-electron chi connectivity index (χ2n) is 4.43. The highest BCUT2D eigenvalue weighted by Gasteiger charge is 2.14. The summed E-state index contributed by atoms with van der Waals surface area (Å²) in [6, 6.07) is 5.61. The first-order valence-corrected chi connectivity index (χ1v) is 7.13. The highest BCUT2D eigenvalue weighted by molar-refractivity contribution is 7.99. The number of benzene rings is 1. The number of nitrogens with one attached hydrogen (secondary N) is 2. The fraction of sp³-hybridized carbons (Fsp3) is 0.308. The van der Waals surface area contributed by atoms with Gasteiger partial charge in [-0.1, -0.05) is 25.1 Å². The molecule has 4 N–H and O–H groups in total. The van der Waals surface area contributed by atoms with Gasteiger partial charge in [0.1, 0.15) is 5.84 Å². The largest absolute Gasteiger partial charge is 0.384 e. The van der Waals surface area contributed by atoms with E-state index in [0.717, 1.165) is 16.9 Å². The minimum Gasteiger partial charge on any atom is -0.384 e. The van der Waals surface area contributed by atoms with Crippen LogP contribution in [-0.4, -0.2) is 20.6 Å². The van der Waals surface area contributed by atoms with Gasteiger partial charge in [-0.15, -0.1) is 5.10 Å². The molecule has 1 aromatic heterocycles. The van der Waals surface area contributed by atoms with Crippen LogP contribution in [0.5, 0.6) is 0 Å². The van der Waals surface area contributed by atoms with Gasteiger partial charge < -0.3 is 5.73 Å². The van der Waals surface area contributed by atoms with Crippen LogP contribution in [0.2, 0.25) is 0 Å². The van der Waals surface area contributed by atoms with Gasteiger partial charge in [0.15, 0.2) is 5.16 Å². The minimum absolute atomic E-state index is 0.0103. The number of H-pyrrole nitrogens is 1. The molecule has 20 heavy (non-hydrogen) atoms. The predicted octanol–water partition coefficient (Wildman–Crippen LogP) is 1.73. The predicted molar refractivity (Wildman–Crippen MR) is 79.5 cm³/mol. The molecule has 7 heteroatoms. The van der Waals surface area contributed by atoms with Crippen LogP contribution in [0, 0.1) is 12.3 Å². The molecule has 0 fully saturated rings. The van der Waals surface area contributed by atoms with Crippen LogP contribution in [0.4, 0.5) is 0 Å². The molecule has 0 unspecified atom stereocenters. The third kappa shape index (κ3) is 2.77. The monoisotopic (exact) mass is 291 g/mol. The lowest BCUT2D eigenvalue weighted by Crippen LogP contribution is -2.17. The number of aromatic amines is 1. The van der Waals surface area contributed by atoms with Crippen LogP contribution in [0.1, 0.15) is 24.5 Å². The van der Waals surface area contributed by atoms with Crippen molar-refractivity contribution in [2.45, 2.75) is 36.9 Å². The fourth-order valence-electron chi connectivity index (χ4n) is 1.89. The Morgan fingerprint density at radius 3 is 2.95 bits per heavy atom. The topological polar surface area (TPSA) is 101 Å². The molecule has 0 saturated carbocycles. The van der Waals surface area contributed by atoms with Crippen molar-refractivity contribution in [2.24, 2.45) is 5.73 Å². The Morgan fingerprint density at radius 1 is 1.55 bits per heavy atom. The molecule has 1 aromatic carbocycles. The molecule has 0 aliphatic rings. The van der Waals surface area contributed by atoms with Crippen LogP contribution < -0.4 is 11.4 Å². The molecule has 1 heterocycles. The maximum absolute atomic E-state index is 11.7. The van der Waals surface area contributed by atoms with Gasteiger partial charge in [-0.05, 0) is 30.7 Å². The summed E-state index contributed by atoms with van der Waals surface area (Å²) < 4.78 is 1.60. The van der Waals surface area contributed by atoms with Crippen molar-refractivity contribution in [2.75, 3.05) is 0 Å². The Morgan fingerprint density at radius 2 is 2.30 bits per heavy atom. The van der Waals surface area contributed by atoms with E-state index in [9.17, 15) is 4.79 Å². The number of hydrogen-bond acceptors (Lipinski definition) is 4. The number of hydrogen-bond donors (Lipinski definition) is 3. The van der Waals surface area contributed by atoms with Gasteiger partial charge >= 0.3 is 5.69 Å². The number of amidine groups is 1. The zero-order valence-electron chi connectivity index (χ0n) is 11.4. The highest BCUT2D eigenvalue weighted by Crippen LogP contribution is 2.31. The molecule has 6 nitrogen and oxygen atoms in total. The molecular formula is C13H17N5OS. The summed E-state index contributed by atoms with van der Waals surface area (Å²) in [6.07, 6.45) is 0.848. The summed E-state index contributed by atoms with van der Waals surface area (Å²) in [5.41, 5.74) is 7.06. The van der Waals surface area contributed by atoms with Crippen LogP contribution in [0.15, 0.2) is 33.0 Å². The lowest BCUT2D eigenvalue weighted by Gasteiger charge is -2.10. The third-order valence-corrected chi connectivity index (χ3v) is 4.11.